The Labute approximate surface area is 179 Å². The van der Waals surface area contributed by atoms with Gasteiger partial charge in [0.05, 0.1) is 6.10 Å². The Hall–Kier alpha value is -0.820. The van der Waals surface area contributed by atoms with Crippen molar-refractivity contribution in [1.82, 2.24) is 0 Å². The zero-order valence-electron chi connectivity index (χ0n) is 19.6. The van der Waals surface area contributed by atoms with Gasteiger partial charge in [-0.1, -0.05) is 63.6 Å². The molecule has 0 radical (unpaired) electrons. The molecule has 0 amide bonds. The van der Waals surface area contributed by atoms with Crippen LogP contribution in [0.1, 0.15) is 86.0 Å². The van der Waals surface area contributed by atoms with Crippen molar-refractivity contribution in [2.24, 2.45) is 46.3 Å². The molecule has 1 nitrogen and oxygen atoms in total. The third-order valence-corrected chi connectivity index (χ3v) is 10.3. The first-order valence-corrected chi connectivity index (χ1v) is 12.4. The minimum absolute atomic E-state index is 0.0928. The summed E-state index contributed by atoms with van der Waals surface area (Å²) in [5.41, 5.74) is 3.73. The Morgan fingerprint density at radius 3 is 2.59 bits per heavy atom. The quantitative estimate of drug-likeness (QED) is 0.493. The van der Waals surface area contributed by atoms with Crippen molar-refractivity contribution in [2.45, 2.75) is 92.1 Å². The summed E-state index contributed by atoms with van der Waals surface area (Å²) in [7, 11) is 0. The van der Waals surface area contributed by atoms with Crippen LogP contribution in [0.4, 0.5) is 0 Å². The summed E-state index contributed by atoms with van der Waals surface area (Å²) in [5, 5.41) is 10.2. The van der Waals surface area contributed by atoms with E-state index < -0.39 is 0 Å². The molecule has 0 aromatic carbocycles. The van der Waals surface area contributed by atoms with E-state index in [0.29, 0.717) is 22.7 Å². The van der Waals surface area contributed by atoms with E-state index in [0.717, 1.165) is 36.5 Å². The molecule has 0 heterocycles. The van der Waals surface area contributed by atoms with Gasteiger partial charge in [0.2, 0.25) is 0 Å². The molecule has 0 aliphatic heterocycles. The summed E-state index contributed by atoms with van der Waals surface area (Å²) >= 11 is 0. The first-order chi connectivity index (χ1) is 13.7. The average Bonchev–Trinajstić information content (AvgIpc) is 3.03. The number of rotatable bonds is 4. The lowest BCUT2D eigenvalue weighted by Crippen LogP contribution is -2.50. The van der Waals surface area contributed by atoms with Crippen LogP contribution in [-0.2, 0) is 0 Å². The molecule has 9 atom stereocenters. The van der Waals surface area contributed by atoms with Gasteiger partial charge >= 0.3 is 0 Å². The predicted molar refractivity (Wildman–Crippen MR) is 123 cm³/mol. The third-order valence-electron chi connectivity index (χ3n) is 10.3. The van der Waals surface area contributed by atoms with Crippen LogP contribution in [0, 0.1) is 46.3 Å². The van der Waals surface area contributed by atoms with Gasteiger partial charge in [0.1, 0.15) is 0 Å². The SMILES string of the molecule is C=C(C)[C@@H](C)/C=C/[C@@H](C)C1CCC2C3CC=C4C[C@@H](O)CC[C@]4(C)C3CC[C@@]21C. The zero-order valence-corrected chi connectivity index (χ0v) is 19.6. The van der Waals surface area contributed by atoms with Gasteiger partial charge in [-0.2, -0.15) is 0 Å². The van der Waals surface area contributed by atoms with Crippen LogP contribution in [0.15, 0.2) is 36.0 Å². The third kappa shape index (κ3) is 3.50. The summed E-state index contributed by atoms with van der Waals surface area (Å²) in [6.07, 6.45) is 17.4. The lowest BCUT2D eigenvalue weighted by Gasteiger charge is -2.58. The minimum Gasteiger partial charge on any atom is -0.393 e. The number of aliphatic hydroxyl groups excluding tert-OH is 1. The largest absolute Gasteiger partial charge is 0.393 e. The molecule has 0 bridgehead atoms. The normalized spacial score (nSPS) is 46.4. The molecule has 0 saturated heterocycles. The van der Waals surface area contributed by atoms with Crippen LogP contribution in [0.25, 0.3) is 0 Å². The highest BCUT2D eigenvalue weighted by Crippen LogP contribution is 2.67. The molecule has 1 heteroatoms. The summed E-state index contributed by atoms with van der Waals surface area (Å²) in [4.78, 5) is 0. The summed E-state index contributed by atoms with van der Waals surface area (Å²) in [6.45, 7) is 16.2. The fraction of sp³-hybridized carbons (Fsp3) is 0.786. The lowest BCUT2D eigenvalue weighted by atomic mass is 9.47. The number of fused-ring (bicyclic) bond motifs is 5. The van der Waals surface area contributed by atoms with E-state index >= 15 is 0 Å². The second-order valence-electron chi connectivity index (χ2n) is 11.8. The van der Waals surface area contributed by atoms with Crippen LogP contribution in [0.2, 0.25) is 0 Å². The van der Waals surface area contributed by atoms with Crippen molar-refractivity contribution >= 4 is 0 Å². The van der Waals surface area contributed by atoms with E-state index in [1.54, 1.807) is 5.57 Å². The molecule has 0 aromatic rings. The highest BCUT2D eigenvalue weighted by molar-refractivity contribution is 5.25. The molecule has 4 aliphatic carbocycles. The second-order valence-corrected chi connectivity index (χ2v) is 11.8. The van der Waals surface area contributed by atoms with Gasteiger partial charge in [0, 0.05) is 0 Å². The molecule has 4 aliphatic rings. The van der Waals surface area contributed by atoms with Crippen LogP contribution >= 0.6 is 0 Å². The van der Waals surface area contributed by atoms with Crippen molar-refractivity contribution in [3.05, 3.63) is 36.0 Å². The Kier molecular flexibility index (Phi) is 5.69. The highest BCUT2D eigenvalue weighted by atomic mass is 16.3. The number of hydrogen-bond acceptors (Lipinski definition) is 1. The van der Waals surface area contributed by atoms with E-state index in [2.05, 4.69) is 59.4 Å². The minimum atomic E-state index is -0.0928. The van der Waals surface area contributed by atoms with Gasteiger partial charge in [-0.3, -0.25) is 0 Å². The topological polar surface area (TPSA) is 20.2 Å². The maximum Gasteiger partial charge on any atom is 0.0577 e. The number of allylic oxidation sites excluding steroid dienone is 4. The Balaban J connectivity index is 1.54. The first kappa shape index (κ1) is 21.4. The van der Waals surface area contributed by atoms with Crippen molar-refractivity contribution < 1.29 is 5.11 Å². The monoisotopic (exact) mass is 396 g/mol. The molecular weight excluding hydrogens is 352 g/mol. The van der Waals surface area contributed by atoms with Crippen molar-refractivity contribution in [1.29, 1.82) is 0 Å². The number of hydrogen-bond donors (Lipinski definition) is 1. The van der Waals surface area contributed by atoms with Gasteiger partial charge in [-0.25, -0.2) is 0 Å². The van der Waals surface area contributed by atoms with E-state index in [9.17, 15) is 5.11 Å². The van der Waals surface area contributed by atoms with Crippen molar-refractivity contribution in [3.63, 3.8) is 0 Å². The first-order valence-electron chi connectivity index (χ1n) is 12.4. The summed E-state index contributed by atoms with van der Waals surface area (Å²) in [5.74, 6) is 4.59. The molecule has 4 unspecified atom stereocenters. The van der Waals surface area contributed by atoms with Gasteiger partial charge in [0.15, 0.2) is 0 Å². The Bertz CT molecular complexity index is 701. The fourth-order valence-electron chi connectivity index (χ4n) is 8.19. The molecule has 162 valence electrons. The van der Waals surface area contributed by atoms with E-state index in [4.69, 9.17) is 0 Å². The molecule has 4 rings (SSSR count). The number of aliphatic hydroxyl groups is 1. The van der Waals surface area contributed by atoms with Gasteiger partial charge in [-0.15, -0.1) is 0 Å². The molecule has 0 aromatic heterocycles. The molecule has 0 spiro atoms. The van der Waals surface area contributed by atoms with Crippen molar-refractivity contribution in [3.8, 4) is 0 Å². The van der Waals surface area contributed by atoms with Gasteiger partial charge in [-0.05, 0) is 105 Å². The van der Waals surface area contributed by atoms with Gasteiger partial charge < -0.3 is 5.11 Å². The highest BCUT2D eigenvalue weighted by Gasteiger charge is 2.58. The fourth-order valence-corrected chi connectivity index (χ4v) is 8.19. The molecule has 29 heavy (non-hydrogen) atoms. The standard InChI is InChI=1S/C28H44O/c1-18(2)19(3)7-8-20(4)24-11-12-25-23-10-9-21-17-22(29)13-15-27(21,5)26(23)14-16-28(24,25)6/h7-9,19-20,22-26,29H,1,10-17H2,2-6H3/b8-7+/t19-,20+,22-,23?,24?,25?,26?,27-,28+/m0/s1. The Morgan fingerprint density at radius 2 is 1.86 bits per heavy atom. The van der Waals surface area contributed by atoms with E-state index in [1.807, 2.05) is 0 Å². The van der Waals surface area contributed by atoms with Crippen LogP contribution in [0.3, 0.4) is 0 Å². The Morgan fingerprint density at radius 1 is 1.10 bits per heavy atom. The molecule has 1 N–H and O–H groups in total. The molecular formula is C28H44O. The summed E-state index contributed by atoms with van der Waals surface area (Å²) in [6, 6.07) is 0. The van der Waals surface area contributed by atoms with Gasteiger partial charge in [0.25, 0.3) is 0 Å². The maximum absolute atomic E-state index is 10.2. The van der Waals surface area contributed by atoms with Crippen LogP contribution in [-0.4, -0.2) is 11.2 Å². The van der Waals surface area contributed by atoms with Crippen molar-refractivity contribution in [2.75, 3.05) is 0 Å². The van der Waals surface area contributed by atoms with Crippen LogP contribution < -0.4 is 0 Å². The summed E-state index contributed by atoms with van der Waals surface area (Å²) < 4.78 is 0. The van der Waals surface area contributed by atoms with Crippen LogP contribution in [0.5, 0.6) is 0 Å². The maximum atomic E-state index is 10.2. The zero-order chi connectivity index (χ0) is 21.0. The predicted octanol–water partition coefficient (Wildman–Crippen LogP) is 7.33. The lowest BCUT2D eigenvalue weighted by molar-refractivity contribution is -0.0540. The van der Waals surface area contributed by atoms with E-state index in [-0.39, 0.29) is 6.10 Å². The second kappa shape index (κ2) is 7.70. The molecule has 3 saturated carbocycles. The smallest absolute Gasteiger partial charge is 0.0577 e. The average molecular weight is 397 g/mol. The van der Waals surface area contributed by atoms with E-state index in [1.165, 1.54) is 44.1 Å². The molecule has 3 fully saturated rings.